The van der Waals surface area contributed by atoms with Crippen molar-refractivity contribution in [3.05, 3.63) is 67.4 Å². The van der Waals surface area contributed by atoms with Crippen molar-refractivity contribution in [2.45, 2.75) is 0 Å². The molecule has 2 aromatic rings. The van der Waals surface area contributed by atoms with Crippen LogP contribution in [0.1, 0.15) is 10.4 Å². The Morgan fingerprint density at radius 1 is 1.33 bits per heavy atom. The molecule has 0 radical (unpaired) electrons. The van der Waals surface area contributed by atoms with Gasteiger partial charge in [-0.15, -0.1) is 0 Å². The first-order chi connectivity index (χ1) is 9.90. The number of rotatable bonds is 3. The molecule has 0 aliphatic rings. The summed E-state index contributed by atoms with van der Waals surface area (Å²) in [7, 11) is 0. The van der Waals surface area contributed by atoms with Gasteiger partial charge >= 0.3 is 0 Å². The first-order valence-corrected chi connectivity index (χ1v) is 6.76. The van der Waals surface area contributed by atoms with Crippen LogP contribution in [-0.2, 0) is 0 Å². The number of nitro groups is 1. The molecule has 21 heavy (non-hydrogen) atoms. The van der Waals surface area contributed by atoms with E-state index >= 15 is 0 Å². The molecule has 0 heterocycles. The van der Waals surface area contributed by atoms with E-state index in [-0.39, 0.29) is 26.4 Å². The average molecular weight is 374 g/mol. The smallest absolute Gasteiger partial charge is 0.282 e. The van der Waals surface area contributed by atoms with Crippen LogP contribution in [0.3, 0.4) is 0 Å². The second-order valence-corrected chi connectivity index (χ2v) is 5.23. The Labute approximate surface area is 132 Å². The molecule has 8 heteroatoms. The minimum atomic E-state index is -0.712. The van der Waals surface area contributed by atoms with Gasteiger partial charge < -0.3 is 5.32 Å². The number of nitro benzene ring substituents is 1. The Bertz CT molecular complexity index is 716. The monoisotopic (exact) mass is 372 g/mol. The van der Waals surface area contributed by atoms with Gasteiger partial charge in [0.2, 0.25) is 0 Å². The van der Waals surface area contributed by atoms with E-state index in [1.54, 1.807) is 0 Å². The third kappa shape index (κ3) is 3.37. The third-order valence-corrected chi connectivity index (χ3v) is 3.51. The lowest BCUT2D eigenvalue weighted by atomic mass is 10.1. The van der Waals surface area contributed by atoms with Gasteiger partial charge in [-0.3, -0.25) is 14.9 Å². The van der Waals surface area contributed by atoms with Gasteiger partial charge in [-0.25, -0.2) is 4.39 Å². The summed E-state index contributed by atoms with van der Waals surface area (Å²) in [6, 6.07) is 7.65. The summed E-state index contributed by atoms with van der Waals surface area (Å²) >= 11 is 8.92. The summed E-state index contributed by atoms with van der Waals surface area (Å²) in [5.41, 5.74) is -0.305. The normalized spacial score (nSPS) is 10.2. The highest BCUT2D eigenvalue weighted by molar-refractivity contribution is 9.10. The SMILES string of the molecule is O=C(Nc1c(Cl)cc(F)cc1Br)c1ccccc1[N+](=O)[O-]. The Hall–Kier alpha value is -1.99. The molecule has 0 aliphatic carbocycles. The number of para-hydroxylation sites is 1. The molecule has 1 N–H and O–H groups in total. The van der Waals surface area contributed by atoms with Crippen molar-refractivity contribution in [3.8, 4) is 0 Å². The van der Waals surface area contributed by atoms with Crippen molar-refractivity contribution < 1.29 is 14.1 Å². The molecule has 1 amide bonds. The number of anilines is 1. The minimum Gasteiger partial charge on any atom is -0.319 e. The van der Waals surface area contributed by atoms with Gasteiger partial charge in [0.1, 0.15) is 11.4 Å². The summed E-state index contributed by atoms with van der Waals surface area (Å²) in [5, 5.41) is 13.3. The molecule has 2 rings (SSSR count). The van der Waals surface area contributed by atoms with Gasteiger partial charge in [-0.1, -0.05) is 23.7 Å². The molecule has 0 aromatic heterocycles. The van der Waals surface area contributed by atoms with Crippen LogP contribution >= 0.6 is 27.5 Å². The lowest BCUT2D eigenvalue weighted by molar-refractivity contribution is -0.385. The molecule has 0 saturated heterocycles. The first kappa shape index (κ1) is 15.4. The molecule has 0 spiro atoms. The maximum absolute atomic E-state index is 13.1. The minimum absolute atomic E-state index is 0.0196. The Morgan fingerprint density at radius 3 is 2.62 bits per heavy atom. The van der Waals surface area contributed by atoms with E-state index in [9.17, 15) is 19.3 Å². The van der Waals surface area contributed by atoms with Crippen molar-refractivity contribution in [3.63, 3.8) is 0 Å². The molecule has 2 aromatic carbocycles. The zero-order valence-electron chi connectivity index (χ0n) is 10.3. The molecule has 108 valence electrons. The predicted octanol–water partition coefficient (Wildman–Crippen LogP) is 4.40. The highest BCUT2D eigenvalue weighted by Crippen LogP contribution is 2.32. The number of benzene rings is 2. The van der Waals surface area contributed by atoms with E-state index in [2.05, 4.69) is 21.2 Å². The van der Waals surface area contributed by atoms with Crippen LogP contribution in [0.25, 0.3) is 0 Å². The van der Waals surface area contributed by atoms with Crippen molar-refractivity contribution >= 4 is 44.8 Å². The summed E-state index contributed by atoms with van der Waals surface area (Å²) in [6.07, 6.45) is 0. The number of amides is 1. The number of nitrogens with zero attached hydrogens (tertiary/aromatic N) is 1. The van der Waals surface area contributed by atoms with Crippen LogP contribution in [0.5, 0.6) is 0 Å². The third-order valence-electron chi connectivity index (χ3n) is 2.59. The molecule has 0 saturated carbocycles. The van der Waals surface area contributed by atoms with E-state index in [0.717, 1.165) is 12.1 Å². The molecular weight excluding hydrogens is 367 g/mol. The average Bonchev–Trinajstić information content (AvgIpc) is 2.42. The molecule has 0 unspecified atom stereocenters. The van der Waals surface area contributed by atoms with Crippen LogP contribution in [0.4, 0.5) is 15.8 Å². The zero-order valence-corrected chi connectivity index (χ0v) is 12.6. The number of hydrogen-bond donors (Lipinski definition) is 1. The fourth-order valence-electron chi connectivity index (χ4n) is 1.67. The summed E-state index contributed by atoms with van der Waals surface area (Å²) in [4.78, 5) is 22.4. The van der Waals surface area contributed by atoms with Crippen molar-refractivity contribution in [1.29, 1.82) is 0 Å². The molecular formula is C13H7BrClFN2O3. The molecule has 0 fully saturated rings. The lowest BCUT2D eigenvalue weighted by Gasteiger charge is -2.10. The van der Waals surface area contributed by atoms with Gasteiger partial charge in [-0.05, 0) is 34.1 Å². The number of carbonyl (C=O) groups is 1. The van der Waals surface area contributed by atoms with E-state index in [4.69, 9.17) is 11.6 Å². The Kier molecular flexibility index (Phi) is 4.54. The number of carbonyl (C=O) groups excluding carboxylic acids is 1. The maximum atomic E-state index is 13.1. The van der Waals surface area contributed by atoms with Gasteiger partial charge in [0.15, 0.2) is 0 Å². The second-order valence-electron chi connectivity index (χ2n) is 3.97. The van der Waals surface area contributed by atoms with E-state index in [1.807, 2.05) is 0 Å². The molecule has 0 atom stereocenters. The second kappa shape index (κ2) is 6.19. The first-order valence-electron chi connectivity index (χ1n) is 5.59. The fraction of sp³-hybridized carbons (Fsp3) is 0. The maximum Gasteiger partial charge on any atom is 0.282 e. The highest BCUT2D eigenvalue weighted by atomic mass is 79.9. The largest absolute Gasteiger partial charge is 0.319 e. The highest BCUT2D eigenvalue weighted by Gasteiger charge is 2.21. The van der Waals surface area contributed by atoms with Crippen LogP contribution in [-0.4, -0.2) is 10.8 Å². The number of halogens is 3. The fourth-order valence-corrected chi connectivity index (χ4v) is 2.57. The van der Waals surface area contributed by atoms with Crippen LogP contribution in [0, 0.1) is 15.9 Å². The van der Waals surface area contributed by atoms with E-state index in [0.29, 0.717) is 0 Å². The van der Waals surface area contributed by atoms with Crippen molar-refractivity contribution in [2.75, 3.05) is 5.32 Å². The number of hydrogen-bond acceptors (Lipinski definition) is 3. The topological polar surface area (TPSA) is 72.2 Å². The summed E-state index contributed by atoms with van der Waals surface area (Å²) in [5.74, 6) is -1.29. The van der Waals surface area contributed by atoms with Gasteiger partial charge in [-0.2, -0.15) is 0 Å². The summed E-state index contributed by atoms with van der Waals surface area (Å²) < 4.78 is 13.4. The standard InChI is InChI=1S/C13H7BrClFN2O3/c14-9-5-7(16)6-10(15)12(9)17-13(19)8-3-1-2-4-11(8)18(20)21/h1-6H,(H,17,19). The zero-order chi connectivity index (χ0) is 15.6. The van der Waals surface area contributed by atoms with Crippen molar-refractivity contribution in [1.82, 2.24) is 0 Å². The van der Waals surface area contributed by atoms with Crippen LogP contribution in [0.15, 0.2) is 40.9 Å². The quantitative estimate of drug-likeness (QED) is 0.640. The molecule has 0 aliphatic heterocycles. The predicted molar refractivity (Wildman–Crippen MR) is 80.2 cm³/mol. The Balaban J connectivity index is 2.38. The Morgan fingerprint density at radius 2 is 2.00 bits per heavy atom. The van der Waals surface area contributed by atoms with Gasteiger partial charge in [0, 0.05) is 10.5 Å². The van der Waals surface area contributed by atoms with E-state index < -0.39 is 16.6 Å². The van der Waals surface area contributed by atoms with Crippen LogP contribution < -0.4 is 5.32 Å². The van der Waals surface area contributed by atoms with Gasteiger partial charge in [0.05, 0.1) is 15.6 Å². The van der Waals surface area contributed by atoms with Gasteiger partial charge in [0.25, 0.3) is 11.6 Å². The van der Waals surface area contributed by atoms with E-state index in [1.165, 1.54) is 24.3 Å². The lowest BCUT2D eigenvalue weighted by Crippen LogP contribution is -2.14. The summed E-state index contributed by atoms with van der Waals surface area (Å²) in [6.45, 7) is 0. The number of nitrogens with one attached hydrogen (secondary N) is 1. The van der Waals surface area contributed by atoms with Crippen molar-refractivity contribution in [2.24, 2.45) is 0 Å². The molecule has 0 bridgehead atoms. The van der Waals surface area contributed by atoms with Crippen LogP contribution in [0.2, 0.25) is 5.02 Å². The molecule has 5 nitrogen and oxygen atoms in total.